The minimum Gasteiger partial charge on any atom is -0.397 e. The summed E-state index contributed by atoms with van der Waals surface area (Å²) in [6.45, 7) is 17.4. The molecule has 36 nitrogen and oxygen atoms in total. The first kappa shape index (κ1) is 128. The minimum absolute atomic E-state index is 0. The van der Waals surface area contributed by atoms with Crippen LogP contribution in [0.25, 0.3) is 0 Å². The number of nitrogens with one attached hydrogen (secondary N) is 1. The van der Waals surface area contributed by atoms with Crippen molar-refractivity contribution in [2.75, 3.05) is 349 Å². The molecule has 0 radical (unpaired) electrons. The van der Waals surface area contributed by atoms with E-state index >= 15 is 0 Å². The molecule has 28 N–H and O–H groups in total. The molecule has 0 heterocycles. The third kappa shape index (κ3) is 133. The second-order valence-electron chi connectivity index (χ2n) is 17.6. The Bertz CT molecular complexity index is 787. The fourth-order valence-electron chi connectivity index (χ4n) is 6.36. The van der Waals surface area contributed by atoms with Crippen molar-refractivity contribution in [2.45, 2.75) is 6.92 Å². The van der Waals surface area contributed by atoms with Crippen molar-refractivity contribution in [3.05, 3.63) is 0 Å². The van der Waals surface area contributed by atoms with Gasteiger partial charge in [-0.2, -0.15) is 0 Å². The molecular weight excluding hydrogens is 1400 g/mol. The smallest absolute Gasteiger partial charge is 0.0558 e. The molecule has 0 fully saturated rings. The maximum atomic E-state index is 8.48. The molecular formula is C54H137N9O27Ti4. The van der Waals surface area contributed by atoms with Crippen LogP contribution in [-0.2, 0) is 86.9 Å². The quantitative estimate of drug-likeness (QED) is 0.0199. The summed E-state index contributed by atoms with van der Waals surface area (Å²) in [5.41, 5.74) is 0. The van der Waals surface area contributed by atoms with Gasteiger partial charge in [0.2, 0.25) is 0 Å². The molecule has 0 aromatic carbocycles. The number of aliphatic hydroxyl groups excluding tert-OH is 27. The van der Waals surface area contributed by atoms with E-state index in [0.717, 1.165) is 0 Å². The fourth-order valence-corrected chi connectivity index (χ4v) is 6.36. The third-order valence-electron chi connectivity index (χ3n) is 10.6. The SMILES string of the molecule is CCO.OCCN(CCO)CCO.OCCN(CCO)CCO.OCCN(CCO)CCO.OCCN(CCO)CCO.OCCN(CCO)CCO.OCCN(CCO)CCO.OCCN(CCO)CCO.OCCN(CCO)CCO.OCCNCCO.[Ti].[Ti].[Ti].[Ti]. The van der Waals surface area contributed by atoms with Gasteiger partial charge in [-0.25, -0.2) is 0 Å². The Morgan fingerprint density at radius 2 is 0.213 bits per heavy atom. The van der Waals surface area contributed by atoms with Gasteiger partial charge in [0.05, 0.1) is 172 Å². The van der Waals surface area contributed by atoms with E-state index in [0.29, 0.717) is 170 Å². The van der Waals surface area contributed by atoms with E-state index in [-0.39, 0.29) is 265 Å². The molecule has 0 bridgehead atoms. The molecule has 94 heavy (non-hydrogen) atoms. The van der Waals surface area contributed by atoms with Gasteiger partial charge in [-0.3, -0.25) is 39.2 Å². The maximum absolute atomic E-state index is 8.48. The van der Waals surface area contributed by atoms with E-state index in [1.54, 1.807) is 46.1 Å². The van der Waals surface area contributed by atoms with Crippen LogP contribution >= 0.6 is 0 Å². The van der Waals surface area contributed by atoms with Crippen LogP contribution in [0, 0.1) is 0 Å². The first-order valence-electron chi connectivity index (χ1n) is 30.5. The van der Waals surface area contributed by atoms with Gasteiger partial charge in [-0.1, -0.05) is 0 Å². The largest absolute Gasteiger partial charge is 0.397 e. The third-order valence-corrected chi connectivity index (χ3v) is 10.6. The van der Waals surface area contributed by atoms with Crippen LogP contribution in [0.15, 0.2) is 0 Å². The van der Waals surface area contributed by atoms with Crippen LogP contribution in [0.1, 0.15) is 6.92 Å². The van der Waals surface area contributed by atoms with Gasteiger partial charge in [-0.15, -0.1) is 0 Å². The Morgan fingerprint density at radius 1 is 0.149 bits per heavy atom. The van der Waals surface area contributed by atoms with Crippen molar-refractivity contribution in [1.82, 2.24) is 44.5 Å². The molecule has 0 aromatic rings. The molecule has 0 unspecified atom stereocenters. The Morgan fingerprint density at radius 3 is 0.255 bits per heavy atom. The van der Waals surface area contributed by atoms with Gasteiger partial charge < -0.3 is 143 Å². The average Bonchev–Trinajstić information content (AvgIpc) is 3.53. The van der Waals surface area contributed by atoms with Gasteiger partial charge in [0.25, 0.3) is 0 Å². The Labute approximate surface area is 620 Å². The standard InChI is InChI=1S/8C6H15NO3.C4H11NO2.C2H6O.4Ti/c8*8-4-1-7(2-5-9)3-6-10;6-3-1-5-2-4-7;1-2-3;;;;/h8*8-10H,1-6H2;5-7H,1-4H2;3H,2H2,1H3;;;;. The number of rotatable bonds is 52. The Balaban J connectivity index is -0.0000000632. The van der Waals surface area contributed by atoms with Crippen LogP contribution < -0.4 is 5.32 Å². The minimum atomic E-state index is 0. The molecule has 40 heteroatoms. The van der Waals surface area contributed by atoms with Crippen molar-refractivity contribution in [3.63, 3.8) is 0 Å². The molecule has 0 saturated carbocycles. The van der Waals surface area contributed by atoms with Crippen LogP contribution in [0.2, 0.25) is 0 Å². The first-order valence-corrected chi connectivity index (χ1v) is 30.5. The van der Waals surface area contributed by atoms with E-state index in [4.69, 9.17) is 138 Å². The van der Waals surface area contributed by atoms with Crippen molar-refractivity contribution in [2.24, 2.45) is 0 Å². The number of aliphatic hydroxyl groups is 27. The van der Waals surface area contributed by atoms with Gasteiger partial charge in [0.1, 0.15) is 0 Å². The van der Waals surface area contributed by atoms with Crippen molar-refractivity contribution < 1.29 is 225 Å². The van der Waals surface area contributed by atoms with E-state index in [2.05, 4.69) is 5.32 Å². The van der Waals surface area contributed by atoms with Gasteiger partial charge in [0, 0.05) is 264 Å². The normalized spacial score (nSPS) is 10.1. The molecule has 0 aliphatic heterocycles. The molecule has 0 spiro atoms. The van der Waals surface area contributed by atoms with Gasteiger partial charge in [0.15, 0.2) is 0 Å². The number of hydrogen-bond donors (Lipinski definition) is 28. The fraction of sp³-hybridized carbons (Fsp3) is 1.00. The van der Waals surface area contributed by atoms with Crippen molar-refractivity contribution in [1.29, 1.82) is 0 Å². The number of nitrogens with zero attached hydrogens (tertiary/aromatic N) is 8. The summed E-state index contributed by atoms with van der Waals surface area (Å²) in [4.78, 5) is 14.3. The zero-order valence-electron chi connectivity index (χ0n) is 56.6. The first-order chi connectivity index (χ1) is 43.6. The van der Waals surface area contributed by atoms with E-state index in [1.165, 1.54) is 0 Å². The second kappa shape index (κ2) is 131. The maximum Gasteiger partial charge on any atom is 0.0558 e. The predicted molar refractivity (Wildman–Crippen MR) is 341 cm³/mol. The summed E-state index contributed by atoms with van der Waals surface area (Å²) in [5.74, 6) is 0. The number of hydrogen-bond acceptors (Lipinski definition) is 36. The van der Waals surface area contributed by atoms with Crippen molar-refractivity contribution >= 4 is 0 Å². The molecule has 0 aliphatic carbocycles. The molecule has 0 aromatic heterocycles. The molecule has 0 atom stereocenters. The molecule has 0 aliphatic rings. The molecule has 0 amide bonds. The summed E-state index contributed by atoms with van der Waals surface area (Å²) < 4.78 is 0. The predicted octanol–water partition coefficient (Wildman–Crippen LogP) is -15.3. The van der Waals surface area contributed by atoms with Crippen LogP contribution in [0.4, 0.5) is 0 Å². The van der Waals surface area contributed by atoms with Crippen LogP contribution in [0.3, 0.4) is 0 Å². The summed E-state index contributed by atoms with van der Waals surface area (Å²) in [5, 5.41) is 230. The summed E-state index contributed by atoms with van der Waals surface area (Å²) in [7, 11) is 0. The van der Waals surface area contributed by atoms with E-state index in [1.807, 2.05) is 0 Å². The monoisotopic (exact) mass is 1540 g/mol. The Hall–Kier alpha value is 1.42. The molecule has 0 rings (SSSR count). The van der Waals surface area contributed by atoms with Crippen molar-refractivity contribution in [3.8, 4) is 0 Å². The molecule has 576 valence electrons. The zero-order chi connectivity index (χ0) is 70.8. The van der Waals surface area contributed by atoms with Gasteiger partial charge in [-0.05, 0) is 6.92 Å². The van der Waals surface area contributed by atoms with Crippen LogP contribution in [-0.4, -0.2) is 526 Å². The summed E-state index contributed by atoms with van der Waals surface area (Å²) in [6, 6.07) is 0. The van der Waals surface area contributed by atoms with Crippen LogP contribution in [0.5, 0.6) is 0 Å². The topological polar surface area (TPSA) is 584 Å². The average molecular weight is 1540 g/mol. The Kier molecular flexibility index (Phi) is 178. The van der Waals surface area contributed by atoms with E-state index in [9.17, 15) is 0 Å². The summed E-state index contributed by atoms with van der Waals surface area (Å²) >= 11 is 0. The summed E-state index contributed by atoms with van der Waals surface area (Å²) in [6.07, 6.45) is 0. The molecule has 0 saturated heterocycles. The van der Waals surface area contributed by atoms with E-state index < -0.39 is 0 Å². The zero-order valence-corrected chi connectivity index (χ0v) is 62.9. The van der Waals surface area contributed by atoms with Gasteiger partial charge >= 0.3 is 0 Å². The second-order valence-corrected chi connectivity index (χ2v) is 17.6.